The normalized spacial score (nSPS) is 16.2. The number of fused-ring (bicyclic) bond motifs is 1. The number of nitrogens with zero attached hydrogens (tertiary/aromatic N) is 4. The molecule has 4 rings (SSSR count). The molecule has 6 nitrogen and oxygen atoms in total. The molecule has 2 aromatic heterocycles. The molecule has 1 amide bonds. The summed E-state index contributed by atoms with van der Waals surface area (Å²) in [4.78, 5) is 19.6. The molecule has 1 aliphatic rings. The molecule has 0 aliphatic carbocycles. The molecule has 0 saturated carbocycles. The fourth-order valence-electron chi connectivity index (χ4n) is 3.58. The Balaban J connectivity index is 1.91. The number of aryl methyl sites for hydroxylation is 1. The minimum Gasteiger partial charge on any atom is -0.359 e. The van der Waals surface area contributed by atoms with Crippen molar-refractivity contribution in [1.82, 2.24) is 19.7 Å². The zero-order valence-corrected chi connectivity index (χ0v) is 19.0. The quantitative estimate of drug-likeness (QED) is 0.513. The molecule has 150 valence electrons. The molecule has 0 fully saturated rings. The fraction of sp³-hybridized carbons (Fsp3) is 0.250. The molecule has 1 N–H and O–H groups in total. The van der Waals surface area contributed by atoms with Gasteiger partial charge in [0, 0.05) is 17.3 Å². The van der Waals surface area contributed by atoms with Crippen LogP contribution in [0, 0.1) is 6.92 Å². The number of benzene rings is 1. The SMILES string of the molecule is Cc1cc(Cl)cc2c1NC(c1cc(Br)nn1-c1ncccc1Cl)N(C(C)C)C2=O. The molecule has 3 heterocycles. The number of halogens is 3. The lowest BCUT2D eigenvalue weighted by Crippen LogP contribution is -2.47. The maximum absolute atomic E-state index is 13.4. The highest BCUT2D eigenvalue weighted by Gasteiger charge is 2.38. The van der Waals surface area contributed by atoms with Gasteiger partial charge in [-0.25, -0.2) is 9.67 Å². The topological polar surface area (TPSA) is 63.1 Å². The highest BCUT2D eigenvalue weighted by Crippen LogP contribution is 2.39. The zero-order chi connectivity index (χ0) is 20.9. The van der Waals surface area contributed by atoms with Crippen LogP contribution in [0.5, 0.6) is 0 Å². The average Bonchev–Trinajstić information content (AvgIpc) is 3.03. The first-order chi connectivity index (χ1) is 13.8. The number of anilines is 1. The van der Waals surface area contributed by atoms with Gasteiger partial charge in [-0.2, -0.15) is 5.10 Å². The van der Waals surface area contributed by atoms with E-state index in [2.05, 4.69) is 31.3 Å². The van der Waals surface area contributed by atoms with Crippen molar-refractivity contribution in [3.8, 4) is 5.82 Å². The van der Waals surface area contributed by atoms with Crippen LogP contribution in [0.3, 0.4) is 0 Å². The van der Waals surface area contributed by atoms with E-state index in [4.69, 9.17) is 23.2 Å². The highest BCUT2D eigenvalue weighted by molar-refractivity contribution is 9.10. The van der Waals surface area contributed by atoms with Crippen molar-refractivity contribution in [1.29, 1.82) is 0 Å². The summed E-state index contributed by atoms with van der Waals surface area (Å²) >= 11 is 16.0. The second-order valence-corrected chi connectivity index (χ2v) is 8.77. The summed E-state index contributed by atoms with van der Waals surface area (Å²) in [5, 5.41) is 9.02. The van der Waals surface area contributed by atoms with Crippen molar-refractivity contribution in [2.45, 2.75) is 33.0 Å². The number of amides is 1. The van der Waals surface area contributed by atoms with Crippen molar-refractivity contribution in [3.05, 3.63) is 68.0 Å². The smallest absolute Gasteiger partial charge is 0.258 e. The van der Waals surface area contributed by atoms with Crippen molar-refractivity contribution in [2.24, 2.45) is 0 Å². The number of nitrogens with one attached hydrogen (secondary N) is 1. The van der Waals surface area contributed by atoms with Crippen molar-refractivity contribution in [2.75, 3.05) is 5.32 Å². The third-order valence-corrected chi connectivity index (χ3v) is 5.71. The lowest BCUT2D eigenvalue weighted by Gasteiger charge is -2.41. The van der Waals surface area contributed by atoms with E-state index in [0.29, 0.717) is 26.0 Å². The molecule has 0 radical (unpaired) electrons. The third-order valence-electron chi connectivity index (χ3n) is 4.81. The molecule has 0 bridgehead atoms. The second kappa shape index (κ2) is 7.63. The lowest BCUT2D eigenvalue weighted by atomic mass is 10.0. The van der Waals surface area contributed by atoms with Gasteiger partial charge in [-0.3, -0.25) is 4.79 Å². The molecule has 1 aliphatic heterocycles. The Kier molecular flexibility index (Phi) is 5.31. The Bertz CT molecular complexity index is 1110. The van der Waals surface area contributed by atoms with Gasteiger partial charge in [-0.05, 0) is 72.6 Å². The molecule has 1 atom stereocenters. The Labute approximate surface area is 187 Å². The minimum atomic E-state index is -0.466. The Morgan fingerprint density at radius 3 is 2.69 bits per heavy atom. The summed E-state index contributed by atoms with van der Waals surface area (Å²) in [6.45, 7) is 5.87. The monoisotopic (exact) mass is 493 g/mol. The Morgan fingerprint density at radius 2 is 2.00 bits per heavy atom. The largest absolute Gasteiger partial charge is 0.359 e. The van der Waals surface area contributed by atoms with Gasteiger partial charge in [0.05, 0.1) is 22.0 Å². The van der Waals surface area contributed by atoms with Gasteiger partial charge in [-0.1, -0.05) is 23.2 Å². The van der Waals surface area contributed by atoms with E-state index in [0.717, 1.165) is 16.9 Å². The summed E-state index contributed by atoms with van der Waals surface area (Å²) in [7, 11) is 0. The van der Waals surface area contributed by atoms with Crippen LogP contribution >= 0.6 is 39.1 Å². The molecular formula is C20H18BrCl2N5O. The van der Waals surface area contributed by atoms with Crippen LogP contribution in [-0.2, 0) is 0 Å². The first kappa shape index (κ1) is 20.2. The van der Waals surface area contributed by atoms with E-state index in [9.17, 15) is 4.79 Å². The number of aromatic nitrogens is 3. The maximum Gasteiger partial charge on any atom is 0.258 e. The summed E-state index contributed by atoms with van der Waals surface area (Å²) in [6.07, 6.45) is 1.19. The number of carbonyl (C=O) groups excluding carboxylic acids is 1. The summed E-state index contributed by atoms with van der Waals surface area (Å²) in [6, 6.07) is 8.84. The molecule has 0 saturated heterocycles. The number of carbonyl (C=O) groups is 1. The van der Waals surface area contributed by atoms with Crippen LogP contribution in [0.4, 0.5) is 5.69 Å². The summed E-state index contributed by atoms with van der Waals surface area (Å²) < 4.78 is 2.27. The summed E-state index contributed by atoms with van der Waals surface area (Å²) in [5.74, 6) is 0.395. The molecule has 1 unspecified atom stereocenters. The van der Waals surface area contributed by atoms with Gasteiger partial charge in [0.1, 0.15) is 10.8 Å². The van der Waals surface area contributed by atoms with Gasteiger partial charge >= 0.3 is 0 Å². The van der Waals surface area contributed by atoms with Gasteiger partial charge in [0.2, 0.25) is 0 Å². The number of rotatable bonds is 3. The van der Waals surface area contributed by atoms with Crippen molar-refractivity contribution < 1.29 is 4.79 Å². The number of hydrogen-bond acceptors (Lipinski definition) is 4. The number of hydrogen-bond donors (Lipinski definition) is 1. The second-order valence-electron chi connectivity index (χ2n) is 7.11. The Hall–Kier alpha value is -2.09. The molecule has 3 aromatic rings. The Morgan fingerprint density at radius 1 is 1.24 bits per heavy atom. The molecule has 9 heteroatoms. The number of pyridine rings is 1. The van der Waals surface area contributed by atoms with Crippen LogP contribution in [-0.4, -0.2) is 31.6 Å². The van der Waals surface area contributed by atoms with E-state index in [1.807, 2.05) is 32.9 Å². The average molecular weight is 495 g/mol. The van der Waals surface area contributed by atoms with Crippen molar-refractivity contribution >= 4 is 50.7 Å². The standard InChI is InChI=1S/C20H18BrCl2N5O/c1-10(2)27-19(25-17-11(3)7-12(22)8-13(17)20(27)29)15-9-16(21)26-28(15)18-14(23)5-4-6-24-18/h4-10,19,25H,1-3H3. The van der Waals surface area contributed by atoms with Crippen LogP contribution in [0.2, 0.25) is 10.0 Å². The maximum atomic E-state index is 13.4. The van der Waals surface area contributed by atoms with E-state index < -0.39 is 6.17 Å². The molecular weight excluding hydrogens is 477 g/mol. The predicted octanol–water partition coefficient (Wildman–Crippen LogP) is 5.62. The van der Waals surface area contributed by atoms with Gasteiger partial charge in [0.15, 0.2) is 5.82 Å². The first-order valence-electron chi connectivity index (χ1n) is 9.03. The van der Waals surface area contributed by atoms with E-state index in [-0.39, 0.29) is 11.9 Å². The van der Waals surface area contributed by atoms with Crippen LogP contribution in [0.1, 0.15) is 41.6 Å². The predicted molar refractivity (Wildman–Crippen MR) is 118 cm³/mol. The van der Waals surface area contributed by atoms with Gasteiger partial charge in [-0.15, -0.1) is 0 Å². The molecule has 29 heavy (non-hydrogen) atoms. The van der Waals surface area contributed by atoms with Gasteiger partial charge in [0.25, 0.3) is 5.91 Å². The molecule has 0 spiro atoms. The highest BCUT2D eigenvalue weighted by atomic mass is 79.9. The lowest BCUT2D eigenvalue weighted by molar-refractivity contribution is 0.0609. The zero-order valence-electron chi connectivity index (χ0n) is 15.9. The van der Waals surface area contributed by atoms with Crippen LogP contribution in [0.15, 0.2) is 41.1 Å². The van der Waals surface area contributed by atoms with E-state index >= 15 is 0 Å². The van der Waals surface area contributed by atoms with E-state index in [1.54, 1.807) is 34.0 Å². The van der Waals surface area contributed by atoms with Gasteiger partial charge < -0.3 is 10.2 Å². The van der Waals surface area contributed by atoms with Crippen molar-refractivity contribution in [3.63, 3.8) is 0 Å². The first-order valence-corrected chi connectivity index (χ1v) is 10.6. The minimum absolute atomic E-state index is 0.0752. The van der Waals surface area contributed by atoms with E-state index in [1.165, 1.54) is 0 Å². The summed E-state index contributed by atoms with van der Waals surface area (Å²) in [5.41, 5.74) is 2.95. The third kappa shape index (κ3) is 3.52. The van der Waals surface area contributed by atoms with Crippen LogP contribution in [0.25, 0.3) is 5.82 Å². The van der Waals surface area contributed by atoms with Crippen LogP contribution < -0.4 is 5.32 Å². The fourth-order valence-corrected chi connectivity index (χ4v) is 4.45. The molecule has 1 aromatic carbocycles.